The van der Waals surface area contributed by atoms with Crippen molar-refractivity contribution in [2.45, 2.75) is 59.4 Å². The highest BCUT2D eigenvalue weighted by Crippen LogP contribution is 2.22. The predicted octanol–water partition coefficient (Wildman–Crippen LogP) is 3.20. The molecule has 1 atom stereocenters. The average molecular weight is 195 g/mol. The molecule has 0 radical (unpaired) electrons. The minimum atomic E-state index is 0.195. The quantitative estimate of drug-likeness (QED) is 0.486. The molecular weight excluding hydrogens is 170 g/mol. The highest BCUT2D eigenvalue weighted by atomic mass is 14.9. The number of terminal acetylenes is 1. The Morgan fingerprint density at radius 3 is 2.50 bits per heavy atom. The Bertz CT molecular complexity index is 176. The normalized spacial score (nSPS) is 13.6. The predicted molar refractivity (Wildman–Crippen MR) is 64.2 cm³/mol. The molecule has 0 bridgehead atoms. The zero-order valence-corrected chi connectivity index (χ0v) is 10.2. The van der Waals surface area contributed by atoms with E-state index in [9.17, 15) is 0 Å². The molecule has 0 saturated heterocycles. The summed E-state index contributed by atoms with van der Waals surface area (Å²) in [6.07, 6.45) is 10.6. The standard InChI is InChI=1S/C13H25N/c1-6-8-9-10-13(4,5)11-14-12(3)7-2/h2,12,14H,6,8-11H2,1,3-5H3. The minimum Gasteiger partial charge on any atom is -0.303 e. The molecule has 14 heavy (non-hydrogen) atoms. The van der Waals surface area contributed by atoms with Gasteiger partial charge in [-0.05, 0) is 18.8 Å². The monoisotopic (exact) mass is 195 g/mol. The van der Waals surface area contributed by atoms with Crippen LogP contribution in [0.3, 0.4) is 0 Å². The molecule has 0 aliphatic rings. The summed E-state index contributed by atoms with van der Waals surface area (Å²) < 4.78 is 0. The summed E-state index contributed by atoms with van der Waals surface area (Å²) in [4.78, 5) is 0. The van der Waals surface area contributed by atoms with Gasteiger partial charge in [0.05, 0.1) is 6.04 Å². The van der Waals surface area contributed by atoms with Gasteiger partial charge in [-0.1, -0.05) is 46.0 Å². The molecule has 82 valence electrons. The lowest BCUT2D eigenvalue weighted by molar-refractivity contribution is 0.298. The Labute approximate surface area is 89.7 Å². The second-order valence-electron chi connectivity index (χ2n) is 4.89. The van der Waals surface area contributed by atoms with Gasteiger partial charge in [0, 0.05) is 6.54 Å². The molecule has 1 heteroatoms. The Balaban J connectivity index is 3.67. The molecular formula is C13H25N. The van der Waals surface area contributed by atoms with Crippen molar-refractivity contribution in [3.8, 4) is 12.3 Å². The topological polar surface area (TPSA) is 12.0 Å². The molecule has 1 nitrogen and oxygen atoms in total. The SMILES string of the molecule is C#CC(C)NCC(C)(C)CCCCC. The smallest absolute Gasteiger partial charge is 0.0658 e. The number of hydrogen-bond acceptors (Lipinski definition) is 1. The van der Waals surface area contributed by atoms with Gasteiger partial charge in [0.25, 0.3) is 0 Å². The summed E-state index contributed by atoms with van der Waals surface area (Å²) in [5.41, 5.74) is 0.375. The Morgan fingerprint density at radius 1 is 1.36 bits per heavy atom. The Hall–Kier alpha value is -0.480. The highest BCUT2D eigenvalue weighted by molar-refractivity contribution is 4.96. The molecule has 0 rings (SSSR count). The average Bonchev–Trinajstić information content (AvgIpc) is 2.14. The molecule has 0 aliphatic carbocycles. The van der Waals surface area contributed by atoms with E-state index in [2.05, 4.69) is 32.0 Å². The minimum absolute atomic E-state index is 0.195. The van der Waals surface area contributed by atoms with Crippen LogP contribution in [0.2, 0.25) is 0 Å². The van der Waals surface area contributed by atoms with E-state index in [0.29, 0.717) is 5.41 Å². The van der Waals surface area contributed by atoms with E-state index >= 15 is 0 Å². The maximum Gasteiger partial charge on any atom is 0.0658 e. The van der Waals surface area contributed by atoms with Crippen LogP contribution in [0.25, 0.3) is 0 Å². The summed E-state index contributed by atoms with van der Waals surface area (Å²) in [6, 6.07) is 0.195. The van der Waals surface area contributed by atoms with Crippen LogP contribution in [-0.2, 0) is 0 Å². The van der Waals surface area contributed by atoms with Gasteiger partial charge in [0.1, 0.15) is 0 Å². The summed E-state index contributed by atoms with van der Waals surface area (Å²) in [6.45, 7) is 9.90. The molecule has 0 saturated carbocycles. The fourth-order valence-electron chi connectivity index (χ4n) is 1.43. The first-order chi connectivity index (χ1) is 6.52. The van der Waals surface area contributed by atoms with Crippen LogP contribution in [0.4, 0.5) is 0 Å². The fraction of sp³-hybridized carbons (Fsp3) is 0.846. The largest absolute Gasteiger partial charge is 0.303 e. The van der Waals surface area contributed by atoms with E-state index in [0.717, 1.165) is 6.54 Å². The van der Waals surface area contributed by atoms with Crippen molar-refractivity contribution in [2.75, 3.05) is 6.54 Å². The molecule has 1 N–H and O–H groups in total. The van der Waals surface area contributed by atoms with E-state index < -0.39 is 0 Å². The third-order valence-electron chi connectivity index (χ3n) is 2.59. The van der Waals surface area contributed by atoms with Crippen molar-refractivity contribution in [1.82, 2.24) is 5.32 Å². The van der Waals surface area contributed by atoms with Gasteiger partial charge in [-0.15, -0.1) is 6.42 Å². The van der Waals surface area contributed by atoms with Gasteiger partial charge in [-0.3, -0.25) is 0 Å². The van der Waals surface area contributed by atoms with Crippen LogP contribution >= 0.6 is 0 Å². The molecule has 0 aromatic rings. The molecule has 0 heterocycles. The lowest BCUT2D eigenvalue weighted by Gasteiger charge is -2.26. The molecule has 0 aliphatic heterocycles. The van der Waals surface area contributed by atoms with Crippen molar-refractivity contribution in [2.24, 2.45) is 5.41 Å². The second kappa shape index (κ2) is 6.90. The number of rotatable bonds is 7. The van der Waals surface area contributed by atoms with E-state index in [1.165, 1.54) is 25.7 Å². The van der Waals surface area contributed by atoms with E-state index in [1.54, 1.807) is 0 Å². The van der Waals surface area contributed by atoms with Gasteiger partial charge < -0.3 is 5.32 Å². The van der Waals surface area contributed by atoms with Gasteiger partial charge in [0.15, 0.2) is 0 Å². The first kappa shape index (κ1) is 13.5. The van der Waals surface area contributed by atoms with E-state index in [1.807, 2.05) is 6.92 Å². The van der Waals surface area contributed by atoms with Crippen LogP contribution < -0.4 is 5.32 Å². The highest BCUT2D eigenvalue weighted by Gasteiger charge is 2.17. The third-order valence-corrected chi connectivity index (χ3v) is 2.59. The van der Waals surface area contributed by atoms with Gasteiger partial charge in [-0.25, -0.2) is 0 Å². The van der Waals surface area contributed by atoms with Gasteiger partial charge in [0.2, 0.25) is 0 Å². The van der Waals surface area contributed by atoms with Crippen LogP contribution in [-0.4, -0.2) is 12.6 Å². The van der Waals surface area contributed by atoms with Crippen molar-refractivity contribution in [3.63, 3.8) is 0 Å². The lowest BCUT2D eigenvalue weighted by Crippen LogP contribution is -2.34. The van der Waals surface area contributed by atoms with Crippen LogP contribution in [0.1, 0.15) is 53.4 Å². The Morgan fingerprint density at radius 2 is 2.00 bits per heavy atom. The fourth-order valence-corrected chi connectivity index (χ4v) is 1.43. The summed E-state index contributed by atoms with van der Waals surface area (Å²) in [5, 5.41) is 3.36. The first-order valence-corrected chi connectivity index (χ1v) is 5.71. The lowest BCUT2D eigenvalue weighted by atomic mass is 9.86. The molecule has 1 unspecified atom stereocenters. The molecule has 0 spiro atoms. The van der Waals surface area contributed by atoms with E-state index in [-0.39, 0.29) is 6.04 Å². The zero-order chi connectivity index (χ0) is 11.0. The molecule has 0 aromatic heterocycles. The van der Waals surface area contributed by atoms with Gasteiger partial charge >= 0.3 is 0 Å². The van der Waals surface area contributed by atoms with E-state index in [4.69, 9.17) is 6.42 Å². The molecule has 0 amide bonds. The Kier molecular flexibility index (Phi) is 6.66. The third kappa shape index (κ3) is 6.97. The maximum absolute atomic E-state index is 5.31. The van der Waals surface area contributed by atoms with Crippen molar-refractivity contribution < 1.29 is 0 Å². The first-order valence-electron chi connectivity index (χ1n) is 5.71. The van der Waals surface area contributed by atoms with Crippen LogP contribution in [0.5, 0.6) is 0 Å². The molecule has 0 aromatic carbocycles. The van der Waals surface area contributed by atoms with Crippen molar-refractivity contribution >= 4 is 0 Å². The number of hydrogen-bond donors (Lipinski definition) is 1. The van der Waals surface area contributed by atoms with Gasteiger partial charge in [-0.2, -0.15) is 0 Å². The van der Waals surface area contributed by atoms with Crippen molar-refractivity contribution in [3.05, 3.63) is 0 Å². The summed E-state index contributed by atoms with van der Waals surface area (Å²) in [7, 11) is 0. The number of unbranched alkanes of at least 4 members (excludes halogenated alkanes) is 2. The zero-order valence-electron chi connectivity index (χ0n) is 10.2. The maximum atomic E-state index is 5.31. The second-order valence-corrected chi connectivity index (χ2v) is 4.89. The van der Waals surface area contributed by atoms with Crippen LogP contribution in [0, 0.1) is 17.8 Å². The van der Waals surface area contributed by atoms with Crippen molar-refractivity contribution in [1.29, 1.82) is 0 Å². The summed E-state index contributed by atoms with van der Waals surface area (Å²) >= 11 is 0. The molecule has 0 fully saturated rings. The number of nitrogens with one attached hydrogen (secondary N) is 1. The summed E-state index contributed by atoms with van der Waals surface area (Å²) in [5.74, 6) is 2.69. The van der Waals surface area contributed by atoms with Crippen LogP contribution in [0.15, 0.2) is 0 Å².